The van der Waals surface area contributed by atoms with Crippen LogP contribution in [0.1, 0.15) is 0 Å². The Labute approximate surface area is 115 Å². The summed E-state index contributed by atoms with van der Waals surface area (Å²) < 4.78 is 26.0. The van der Waals surface area contributed by atoms with E-state index < -0.39 is 16.1 Å². The predicted molar refractivity (Wildman–Crippen MR) is 71.6 cm³/mol. The van der Waals surface area contributed by atoms with Crippen molar-refractivity contribution in [1.82, 2.24) is 15.0 Å². The molecule has 0 bridgehead atoms. The highest BCUT2D eigenvalue weighted by molar-refractivity contribution is 7.89. The Morgan fingerprint density at radius 3 is 2.68 bits per heavy atom. The molecular formula is C9H14ClN5O3S. The van der Waals surface area contributed by atoms with Crippen LogP contribution in [0, 0.1) is 0 Å². The topological polar surface area (TPSA) is 126 Å². The second-order valence-electron chi connectivity index (χ2n) is 3.44. The van der Waals surface area contributed by atoms with Crippen molar-refractivity contribution in [3.8, 4) is 0 Å². The number of amides is 2. The number of rotatable bonds is 6. The molecule has 0 aliphatic heterocycles. The summed E-state index contributed by atoms with van der Waals surface area (Å²) in [5.74, 6) is 0.385. The van der Waals surface area contributed by atoms with Gasteiger partial charge in [-0.05, 0) is 6.07 Å². The van der Waals surface area contributed by atoms with Crippen LogP contribution in [0.2, 0.25) is 5.02 Å². The van der Waals surface area contributed by atoms with Gasteiger partial charge in [-0.2, -0.15) is 0 Å². The number of halogens is 1. The van der Waals surface area contributed by atoms with Crippen LogP contribution in [0.15, 0.2) is 17.2 Å². The SMILES string of the molecule is CNc1ncc(S(=O)(=O)NCCNC(N)=O)cc1Cl. The molecule has 1 aromatic heterocycles. The number of aromatic nitrogens is 1. The Kier molecular flexibility index (Phi) is 5.33. The van der Waals surface area contributed by atoms with Crippen molar-refractivity contribution in [3.05, 3.63) is 17.3 Å². The summed E-state index contributed by atoms with van der Waals surface area (Å²) in [6.07, 6.45) is 1.18. The van der Waals surface area contributed by atoms with Gasteiger partial charge in [-0.25, -0.2) is 22.9 Å². The predicted octanol–water partition coefficient (Wildman–Crippen LogP) is -0.277. The van der Waals surface area contributed by atoms with E-state index >= 15 is 0 Å². The maximum absolute atomic E-state index is 11.9. The van der Waals surface area contributed by atoms with E-state index in [9.17, 15) is 13.2 Å². The molecule has 0 fully saturated rings. The van der Waals surface area contributed by atoms with Crippen molar-refractivity contribution in [1.29, 1.82) is 0 Å². The first kappa shape index (κ1) is 15.5. The lowest BCUT2D eigenvalue weighted by molar-refractivity contribution is 0.249. The normalized spacial score (nSPS) is 11.1. The van der Waals surface area contributed by atoms with E-state index in [0.29, 0.717) is 5.82 Å². The molecular weight excluding hydrogens is 294 g/mol. The smallest absolute Gasteiger partial charge is 0.312 e. The average Bonchev–Trinajstić information content (AvgIpc) is 2.34. The van der Waals surface area contributed by atoms with Gasteiger partial charge < -0.3 is 16.4 Å². The lowest BCUT2D eigenvalue weighted by Gasteiger charge is -2.08. The zero-order chi connectivity index (χ0) is 14.5. The van der Waals surface area contributed by atoms with Gasteiger partial charge in [0.2, 0.25) is 10.0 Å². The van der Waals surface area contributed by atoms with Crippen molar-refractivity contribution in [3.63, 3.8) is 0 Å². The number of anilines is 1. The summed E-state index contributed by atoms with van der Waals surface area (Å²) in [6.45, 7) is 0.0982. The molecule has 1 heterocycles. The molecule has 19 heavy (non-hydrogen) atoms. The number of nitrogens with one attached hydrogen (secondary N) is 3. The van der Waals surface area contributed by atoms with Crippen LogP contribution >= 0.6 is 11.6 Å². The van der Waals surface area contributed by atoms with E-state index in [1.807, 2.05) is 0 Å². The van der Waals surface area contributed by atoms with Crippen molar-refractivity contribution >= 4 is 33.5 Å². The minimum atomic E-state index is -3.72. The highest BCUT2D eigenvalue weighted by Crippen LogP contribution is 2.21. The lowest BCUT2D eigenvalue weighted by atomic mass is 10.4. The summed E-state index contributed by atoms with van der Waals surface area (Å²) in [7, 11) is -2.10. The Morgan fingerprint density at radius 1 is 1.47 bits per heavy atom. The highest BCUT2D eigenvalue weighted by atomic mass is 35.5. The Balaban J connectivity index is 2.72. The molecule has 5 N–H and O–H groups in total. The fourth-order valence-corrected chi connectivity index (χ4v) is 2.53. The van der Waals surface area contributed by atoms with E-state index in [2.05, 4.69) is 20.3 Å². The maximum Gasteiger partial charge on any atom is 0.312 e. The van der Waals surface area contributed by atoms with Crippen LogP contribution in [0.5, 0.6) is 0 Å². The van der Waals surface area contributed by atoms with Gasteiger partial charge in [0.15, 0.2) is 0 Å². The Bertz CT molecular complexity index is 563. The minimum Gasteiger partial charge on any atom is -0.372 e. The molecule has 0 saturated carbocycles. The Hall–Kier alpha value is -1.58. The van der Waals surface area contributed by atoms with Crippen molar-refractivity contribution in [2.24, 2.45) is 5.73 Å². The molecule has 1 rings (SSSR count). The van der Waals surface area contributed by atoms with Crippen molar-refractivity contribution in [2.75, 3.05) is 25.5 Å². The van der Waals surface area contributed by atoms with Crippen LogP contribution < -0.4 is 21.1 Å². The van der Waals surface area contributed by atoms with Gasteiger partial charge in [-0.1, -0.05) is 11.6 Å². The van der Waals surface area contributed by atoms with Gasteiger partial charge in [0.05, 0.1) is 5.02 Å². The van der Waals surface area contributed by atoms with Crippen LogP contribution in [0.4, 0.5) is 10.6 Å². The van der Waals surface area contributed by atoms with E-state index in [0.717, 1.165) is 0 Å². The van der Waals surface area contributed by atoms with Gasteiger partial charge in [-0.3, -0.25) is 0 Å². The first-order chi connectivity index (χ1) is 8.86. The number of hydrogen-bond donors (Lipinski definition) is 4. The van der Waals surface area contributed by atoms with Gasteiger partial charge in [0, 0.05) is 26.3 Å². The van der Waals surface area contributed by atoms with Gasteiger partial charge in [-0.15, -0.1) is 0 Å². The minimum absolute atomic E-state index is 0.0106. The van der Waals surface area contributed by atoms with Crippen LogP contribution in [-0.2, 0) is 10.0 Å². The molecule has 8 nitrogen and oxygen atoms in total. The molecule has 0 aliphatic rings. The maximum atomic E-state index is 11.9. The molecule has 106 valence electrons. The van der Waals surface area contributed by atoms with Gasteiger partial charge in [0.1, 0.15) is 10.7 Å². The van der Waals surface area contributed by atoms with Crippen molar-refractivity contribution < 1.29 is 13.2 Å². The zero-order valence-electron chi connectivity index (χ0n) is 10.1. The fraction of sp³-hybridized carbons (Fsp3) is 0.333. The number of nitrogens with zero attached hydrogens (tertiary/aromatic N) is 1. The second kappa shape index (κ2) is 6.55. The quantitative estimate of drug-likeness (QED) is 0.538. The number of nitrogens with two attached hydrogens (primary N) is 1. The fourth-order valence-electron chi connectivity index (χ4n) is 1.21. The van der Waals surface area contributed by atoms with E-state index in [1.165, 1.54) is 12.3 Å². The molecule has 0 aliphatic carbocycles. The third-order valence-corrected chi connectivity index (χ3v) is 3.80. The molecule has 0 aromatic carbocycles. The number of carbonyl (C=O) groups excluding carboxylic acids is 1. The van der Waals surface area contributed by atoms with Crippen LogP contribution in [-0.4, -0.2) is 39.6 Å². The highest BCUT2D eigenvalue weighted by Gasteiger charge is 2.15. The third kappa shape index (κ3) is 4.54. The molecule has 2 amide bonds. The molecule has 1 aromatic rings. The first-order valence-corrected chi connectivity index (χ1v) is 7.09. The first-order valence-electron chi connectivity index (χ1n) is 5.23. The van der Waals surface area contributed by atoms with E-state index in [1.54, 1.807) is 7.05 Å². The van der Waals surface area contributed by atoms with Gasteiger partial charge in [0.25, 0.3) is 0 Å². The number of primary amides is 1. The molecule has 0 unspecified atom stereocenters. The van der Waals surface area contributed by atoms with Gasteiger partial charge >= 0.3 is 6.03 Å². The monoisotopic (exact) mass is 307 g/mol. The number of carbonyl (C=O) groups is 1. The van der Waals surface area contributed by atoms with Crippen LogP contribution in [0.25, 0.3) is 0 Å². The third-order valence-electron chi connectivity index (χ3n) is 2.08. The van der Waals surface area contributed by atoms with Crippen LogP contribution in [0.3, 0.4) is 0 Å². The van der Waals surface area contributed by atoms with E-state index in [4.69, 9.17) is 17.3 Å². The number of pyridine rings is 1. The molecule has 0 atom stereocenters. The summed E-state index contributed by atoms with van der Waals surface area (Å²) in [4.78, 5) is 14.2. The summed E-state index contributed by atoms with van der Waals surface area (Å²) in [5.41, 5.74) is 4.84. The zero-order valence-corrected chi connectivity index (χ0v) is 11.7. The summed E-state index contributed by atoms with van der Waals surface area (Å²) >= 11 is 5.85. The number of sulfonamides is 1. The van der Waals surface area contributed by atoms with Crippen molar-refractivity contribution in [2.45, 2.75) is 4.90 Å². The molecule has 0 spiro atoms. The number of hydrogen-bond acceptors (Lipinski definition) is 5. The second-order valence-corrected chi connectivity index (χ2v) is 5.61. The average molecular weight is 308 g/mol. The Morgan fingerprint density at radius 2 is 2.16 bits per heavy atom. The van der Waals surface area contributed by atoms with E-state index in [-0.39, 0.29) is 23.0 Å². The molecule has 10 heteroatoms. The summed E-state index contributed by atoms with van der Waals surface area (Å²) in [6, 6.07) is 0.562. The largest absolute Gasteiger partial charge is 0.372 e. The lowest BCUT2D eigenvalue weighted by Crippen LogP contribution is -2.37. The number of urea groups is 1. The standard InChI is InChI=1S/C9H14ClN5O3S/c1-12-8-7(10)4-6(5-14-8)19(17,18)15-3-2-13-9(11)16/h4-5,15H,2-3H2,1H3,(H,12,14)(H3,11,13,16). The molecule has 0 radical (unpaired) electrons. The molecule has 0 saturated heterocycles. The summed E-state index contributed by atoms with van der Waals surface area (Å²) in [5, 5.41) is 5.17.